The van der Waals surface area contributed by atoms with Gasteiger partial charge in [0.15, 0.2) is 0 Å². The van der Waals surface area contributed by atoms with Crippen LogP contribution in [0.25, 0.3) is 33.5 Å². The van der Waals surface area contributed by atoms with Gasteiger partial charge in [-0.1, -0.05) is 24.3 Å². The number of hydrogen-bond donors (Lipinski definition) is 2. The molecule has 9 nitrogen and oxygen atoms in total. The molecule has 0 bridgehead atoms. The summed E-state index contributed by atoms with van der Waals surface area (Å²) in [4.78, 5) is 26.5. The molecule has 36 heavy (non-hydrogen) atoms. The average Bonchev–Trinajstić information content (AvgIpc) is 3.51. The minimum atomic E-state index is -3.55. The van der Waals surface area contributed by atoms with Crippen LogP contribution in [0.15, 0.2) is 81.3 Å². The fraction of sp³-hybridized carbons (Fsp3) is 0.154. The fourth-order valence-electron chi connectivity index (χ4n) is 4.52. The minimum Gasteiger partial charge on any atom is -0.495 e. The van der Waals surface area contributed by atoms with Gasteiger partial charge in [0.05, 0.1) is 31.1 Å². The third-order valence-corrected chi connectivity index (χ3v) is 6.97. The molecule has 1 aliphatic rings. The number of fused-ring (bicyclic) bond motifs is 1. The Balaban J connectivity index is 1.65. The zero-order chi connectivity index (χ0) is 25.4. The summed E-state index contributed by atoms with van der Waals surface area (Å²) in [5, 5.41) is 5.18. The molecule has 0 unspecified atom stereocenters. The number of furan rings is 1. The first-order valence-corrected chi connectivity index (χ1v) is 12.9. The number of rotatable bonds is 7. The highest BCUT2D eigenvalue weighted by atomic mass is 32.2. The molecule has 0 saturated carbocycles. The summed E-state index contributed by atoms with van der Waals surface area (Å²) in [5.41, 5.74) is 5.56. The van der Waals surface area contributed by atoms with Gasteiger partial charge in [-0.25, -0.2) is 18.4 Å². The topological polar surface area (TPSA) is 137 Å². The molecule has 2 aromatic carbocycles. The number of nitrogens with two attached hydrogens (primary N) is 1. The van der Waals surface area contributed by atoms with Gasteiger partial charge < -0.3 is 9.15 Å². The summed E-state index contributed by atoms with van der Waals surface area (Å²) in [6.45, 7) is 0. The van der Waals surface area contributed by atoms with Crippen LogP contribution in [0.5, 0.6) is 5.75 Å². The monoisotopic (exact) mass is 505 g/mol. The Bertz CT molecular complexity index is 1710. The Morgan fingerprint density at radius 2 is 1.83 bits per heavy atom. The smallest absolute Gasteiger partial charge is 0.332 e. The van der Waals surface area contributed by atoms with Crippen molar-refractivity contribution in [2.24, 2.45) is 5.14 Å². The zero-order valence-electron chi connectivity index (χ0n) is 19.4. The standard InChI is InChI=1S/C26H23N3O6S/c1-34-25-22(18-4-5-21-16(2-3-17(21)12-18)8-11-36(27,32)33)13-20(14-23(25)19-7-10-35-15-19)29-9-6-24(30)28-26(29)31/h2,4-7,9-10,12-15H,3,8,11H2,1H3,(H2,27,32,33)(H,28,30,31). The quantitative estimate of drug-likeness (QED) is 0.396. The molecule has 0 aliphatic heterocycles. The van der Waals surface area contributed by atoms with Gasteiger partial charge in [0, 0.05) is 29.0 Å². The number of methoxy groups -OCH3 is 1. The third-order valence-electron chi connectivity index (χ3n) is 6.20. The van der Waals surface area contributed by atoms with Crippen LogP contribution < -0.4 is 21.1 Å². The van der Waals surface area contributed by atoms with Gasteiger partial charge >= 0.3 is 5.69 Å². The number of benzene rings is 2. The van der Waals surface area contributed by atoms with E-state index in [9.17, 15) is 18.0 Å². The van der Waals surface area contributed by atoms with E-state index in [1.54, 1.807) is 31.8 Å². The van der Waals surface area contributed by atoms with Gasteiger partial charge in [0.2, 0.25) is 10.0 Å². The van der Waals surface area contributed by atoms with Crippen molar-refractivity contribution in [3.63, 3.8) is 0 Å². The van der Waals surface area contributed by atoms with E-state index in [0.29, 0.717) is 29.8 Å². The van der Waals surface area contributed by atoms with Crippen LogP contribution in [0.1, 0.15) is 17.5 Å². The highest BCUT2D eigenvalue weighted by molar-refractivity contribution is 7.89. The number of H-pyrrole nitrogens is 1. The number of nitrogens with one attached hydrogen (secondary N) is 1. The lowest BCUT2D eigenvalue weighted by atomic mass is 9.94. The van der Waals surface area contributed by atoms with Crippen molar-refractivity contribution in [1.82, 2.24) is 9.55 Å². The first kappa shape index (κ1) is 23.6. The Morgan fingerprint density at radius 1 is 1.06 bits per heavy atom. The van der Waals surface area contributed by atoms with Crippen molar-refractivity contribution in [2.45, 2.75) is 12.8 Å². The predicted octanol–water partition coefficient (Wildman–Crippen LogP) is 3.08. The molecule has 5 rings (SSSR count). The molecule has 2 heterocycles. The first-order chi connectivity index (χ1) is 17.2. The molecule has 0 fully saturated rings. The molecule has 1 aliphatic carbocycles. The normalized spacial score (nSPS) is 12.9. The predicted molar refractivity (Wildman–Crippen MR) is 137 cm³/mol. The van der Waals surface area contributed by atoms with Crippen molar-refractivity contribution < 1.29 is 17.6 Å². The second kappa shape index (κ2) is 9.14. The number of allylic oxidation sites excluding steroid dienone is 2. The number of hydrogen-bond acceptors (Lipinski definition) is 6. The van der Waals surface area contributed by atoms with Gasteiger partial charge in [0.25, 0.3) is 5.56 Å². The second-order valence-electron chi connectivity index (χ2n) is 8.49. The molecule has 4 aromatic rings. The third kappa shape index (κ3) is 4.56. The lowest BCUT2D eigenvalue weighted by Gasteiger charge is -2.17. The van der Waals surface area contributed by atoms with Crippen molar-refractivity contribution in [1.29, 1.82) is 0 Å². The molecule has 0 saturated heterocycles. The van der Waals surface area contributed by atoms with Crippen LogP contribution >= 0.6 is 0 Å². The van der Waals surface area contributed by atoms with Crippen molar-refractivity contribution in [2.75, 3.05) is 12.9 Å². The largest absolute Gasteiger partial charge is 0.495 e. The summed E-state index contributed by atoms with van der Waals surface area (Å²) in [6, 6.07) is 12.6. The second-order valence-corrected chi connectivity index (χ2v) is 10.2. The van der Waals surface area contributed by atoms with E-state index in [2.05, 4.69) is 4.98 Å². The van der Waals surface area contributed by atoms with E-state index in [0.717, 1.165) is 33.4 Å². The summed E-state index contributed by atoms with van der Waals surface area (Å²) >= 11 is 0. The Kier molecular flexibility index (Phi) is 5.99. The van der Waals surface area contributed by atoms with Crippen LogP contribution in [0.3, 0.4) is 0 Å². The van der Waals surface area contributed by atoms with Gasteiger partial charge in [-0.3, -0.25) is 14.3 Å². The van der Waals surface area contributed by atoms with Crippen molar-refractivity contribution in [3.8, 4) is 33.7 Å². The van der Waals surface area contributed by atoms with E-state index >= 15 is 0 Å². The Labute approximate surface area is 206 Å². The zero-order valence-corrected chi connectivity index (χ0v) is 20.2. The van der Waals surface area contributed by atoms with Gasteiger partial charge in [0.1, 0.15) is 5.75 Å². The molecule has 0 radical (unpaired) electrons. The van der Waals surface area contributed by atoms with Crippen molar-refractivity contribution in [3.05, 3.63) is 99.2 Å². The Morgan fingerprint density at radius 3 is 2.50 bits per heavy atom. The summed E-state index contributed by atoms with van der Waals surface area (Å²) in [6.07, 6.45) is 7.60. The molecular formula is C26H23N3O6S. The van der Waals surface area contributed by atoms with Gasteiger partial charge in [-0.15, -0.1) is 0 Å². The molecule has 0 spiro atoms. The lowest BCUT2D eigenvalue weighted by Crippen LogP contribution is -2.27. The van der Waals surface area contributed by atoms with Crippen molar-refractivity contribution >= 4 is 15.6 Å². The molecule has 184 valence electrons. The van der Waals surface area contributed by atoms with E-state index in [1.807, 2.05) is 30.3 Å². The van der Waals surface area contributed by atoms with Gasteiger partial charge in [-0.2, -0.15) is 0 Å². The van der Waals surface area contributed by atoms with Crippen LogP contribution in [-0.2, 0) is 16.4 Å². The summed E-state index contributed by atoms with van der Waals surface area (Å²) < 4.78 is 35.3. The van der Waals surface area contributed by atoms with Crippen LogP contribution in [0.4, 0.5) is 0 Å². The molecule has 2 aromatic heterocycles. The number of nitrogens with zero attached hydrogens (tertiary/aromatic N) is 1. The summed E-state index contributed by atoms with van der Waals surface area (Å²) in [5.74, 6) is 0.482. The van der Waals surface area contributed by atoms with Crippen LogP contribution in [0, 0.1) is 0 Å². The maximum Gasteiger partial charge on any atom is 0.332 e. The van der Waals surface area contributed by atoms with E-state index < -0.39 is 21.3 Å². The van der Waals surface area contributed by atoms with Crippen LogP contribution in [-0.4, -0.2) is 30.8 Å². The lowest BCUT2D eigenvalue weighted by molar-refractivity contribution is 0.418. The maximum atomic E-state index is 12.6. The highest BCUT2D eigenvalue weighted by Gasteiger charge is 2.21. The molecule has 10 heteroatoms. The first-order valence-electron chi connectivity index (χ1n) is 11.1. The maximum absolute atomic E-state index is 12.6. The fourth-order valence-corrected chi connectivity index (χ4v) is 5.02. The van der Waals surface area contributed by atoms with E-state index in [1.165, 1.54) is 16.8 Å². The van der Waals surface area contributed by atoms with E-state index in [4.69, 9.17) is 14.3 Å². The number of aromatic nitrogens is 2. The van der Waals surface area contributed by atoms with Gasteiger partial charge in [-0.05, 0) is 53.3 Å². The SMILES string of the molecule is COc1c(-c2ccoc2)cc(-n2ccc(=O)[nH]c2=O)cc1-c1ccc2c(c1)CC=C2CCS(N)(=O)=O. The Hall–Kier alpha value is -4.15. The number of aromatic amines is 1. The molecular weight excluding hydrogens is 482 g/mol. The number of sulfonamides is 1. The molecule has 0 atom stereocenters. The minimum absolute atomic E-state index is 0.113. The molecule has 0 amide bonds. The van der Waals surface area contributed by atoms with Crippen LogP contribution in [0.2, 0.25) is 0 Å². The van der Waals surface area contributed by atoms with E-state index in [-0.39, 0.29) is 5.75 Å². The molecule has 3 N–H and O–H groups in total. The number of ether oxygens (including phenoxy) is 1. The summed E-state index contributed by atoms with van der Waals surface area (Å²) in [7, 11) is -1.98. The highest BCUT2D eigenvalue weighted by Crippen LogP contribution is 2.42. The number of primary sulfonamides is 1. The average molecular weight is 506 g/mol.